The van der Waals surface area contributed by atoms with Gasteiger partial charge < -0.3 is 10.2 Å². The van der Waals surface area contributed by atoms with Crippen LogP contribution in [0.2, 0.25) is 0 Å². The first-order chi connectivity index (χ1) is 12.2. The van der Waals surface area contributed by atoms with E-state index in [0.717, 1.165) is 49.4 Å². The van der Waals surface area contributed by atoms with Crippen LogP contribution >= 0.6 is 0 Å². The highest BCUT2D eigenvalue weighted by Gasteiger charge is 2.32. The maximum atomic E-state index is 9.69. The van der Waals surface area contributed by atoms with Crippen LogP contribution in [0.4, 0.5) is 5.82 Å². The van der Waals surface area contributed by atoms with Crippen LogP contribution in [0.25, 0.3) is 0 Å². The van der Waals surface area contributed by atoms with Crippen LogP contribution in [-0.2, 0) is 12.8 Å². The molecule has 3 rings (SSSR count). The van der Waals surface area contributed by atoms with E-state index in [9.17, 15) is 10.5 Å². The van der Waals surface area contributed by atoms with E-state index in [4.69, 9.17) is 4.98 Å². The fraction of sp³-hybridized carbons (Fsp3) is 0.650. The SMILES string of the molecule is CN(C)C(CNc1nc2c(c(C#N)c1C#N)CCCCCC2)C1CC1. The predicted octanol–water partition coefficient (Wildman–Crippen LogP) is 3.24. The summed E-state index contributed by atoms with van der Waals surface area (Å²) in [6, 6.07) is 4.98. The number of pyridine rings is 1. The summed E-state index contributed by atoms with van der Waals surface area (Å²) in [5, 5.41) is 22.8. The van der Waals surface area contributed by atoms with Crippen molar-refractivity contribution in [2.45, 2.75) is 57.4 Å². The summed E-state index contributed by atoms with van der Waals surface area (Å²) in [6.45, 7) is 0.767. The number of hydrogen-bond donors (Lipinski definition) is 1. The van der Waals surface area contributed by atoms with E-state index in [-0.39, 0.29) is 0 Å². The first kappa shape index (κ1) is 17.7. The van der Waals surface area contributed by atoms with Crippen molar-refractivity contribution in [1.82, 2.24) is 9.88 Å². The average Bonchev–Trinajstić information content (AvgIpc) is 3.39. The molecule has 0 saturated heterocycles. The first-order valence-electron chi connectivity index (χ1n) is 9.42. The number of nitrogens with one attached hydrogen (secondary N) is 1. The Balaban J connectivity index is 1.91. The van der Waals surface area contributed by atoms with Gasteiger partial charge in [-0.05, 0) is 64.1 Å². The zero-order valence-electron chi connectivity index (χ0n) is 15.3. The van der Waals surface area contributed by atoms with Crippen molar-refractivity contribution >= 4 is 5.82 Å². The fourth-order valence-corrected chi connectivity index (χ4v) is 3.91. The summed E-state index contributed by atoms with van der Waals surface area (Å²) in [7, 11) is 4.20. The van der Waals surface area contributed by atoms with Gasteiger partial charge in [0.15, 0.2) is 0 Å². The molecule has 1 saturated carbocycles. The van der Waals surface area contributed by atoms with Crippen molar-refractivity contribution in [2.75, 3.05) is 26.0 Å². The quantitative estimate of drug-likeness (QED) is 0.892. The van der Waals surface area contributed by atoms with Gasteiger partial charge in [-0.25, -0.2) is 4.98 Å². The number of rotatable bonds is 5. The predicted molar refractivity (Wildman–Crippen MR) is 98.2 cm³/mol. The molecule has 1 N–H and O–H groups in total. The maximum absolute atomic E-state index is 9.69. The Morgan fingerprint density at radius 1 is 1.08 bits per heavy atom. The van der Waals surface area contributed by atoms with E-state index in [1.807, 2.05) is 0 Å². The van der Waals surface area contributed by atoms with E-state index >= 15 is 0 Å². The lowest BCUT2D eigenvalue weighted by Crippen LogP contribution is -2.36. The number of aromatic nitrogens is 1. The van der Waals surface area contributed by atoms with E-state index in [1.54, 1.807) is 0 Å². The summed E-state index contributed by atoms with van der Waals surface area (Å²) in [6.07, 6.45) is 8.92. The summed E-state index contributed by atoms with van der Waals surface area (Å²) in [5.74, 6) is 1.33. The second-order valence-electron chi connectivity index (χ2n) is 7.52. The number of nitrogens with zero attached hydrogens (tertiary/aromatic N) is 4. The van der Waals surface area contributed by atoms with Crippen molar-refractivity contribution in [3.63, 3.8) is 0 Å². The van der Waals surface area contributed by atoms with Crippen molar-refractivity contribution in [3.8, 4) is 12.1 Å². The molecule has 1 atom stereocenters. The highest BCUT2D eigenvalue weighted by Crippen LogP contribution is 2.35. The van der Waals surface area contributed by atoms with Crippen molar-refractivity contribution in [3.05, 3.63) is 22.4 Å². The molecule has 5 nitrogen and oxygen atoms in total. The first-order valence-corrected chi connectivity index (χ1v) is 9.42. The monoisotopic (exact) mass is 337 g/mol. The normalized spacial score (nSPS) is 18.4. The Morgan fingerprint density at radius 3 is 2.36 bits per heavy atom. The largest absolute Gasteiger partial charge is 0.367 e. The molecule has 0 spiro atoms. The molecular weight excluding hydrogens is 310 g/mol. The molecule has 5 heteroatoms. The van der Waals surface area contributed by atoms with Crippen LogP contribution in [0.1, 0.15) is 60.9 Å². The summed E-state index contributed by atoms with van der Waals surface area (Å²) < 4.78 is 0. The average molecular weight is 337 g/mol. The minimum Gasteiger partial charge on any atom is -0.367 e. The van der Waals surface area contributed by atoms with E-state index in [2.05, 4.69) is 36.5 Å². The Bertz CT molecular complexity index is 704. The molecule has 2 aliphatic carbocycles. The van der Waals surface area contributed by atoms with Crippen molar-refractivity contribution in [2.24, 2.45) is 5.92 Å². The van der Waals surface area contributed by atoms with Gasteiger partial charge in [0, 0.05) is 18.3 Å². The van der Waals surface area contributed by atoms with Gasteiger partial charge >= 0.3 is 0 Å². The van der Waals surface area contributed by atoms with Crippen LogP contribution < -0.4 is 5.32 Å². The number of hydrogen-bond acceptors (Lipinski definition) is 5. The highest BCUT2D eigenvalue weighted by molar-refractivity contribution is 5.64. The van der Waals surface area contributed by atoms with Crippen LogP contribution in [0, 0.1) is 28.6 Å². The third-order valence-electron chi connectivity index (χ3n) is 5.51. The Hall–Kier alpha value is -2.11. The number of nitriles is 2. The lowest BCUT2D eigenvalue weighted by atomic mass is 9.91. The Kier molecular flexibility index (Phi) is 5.56. The number of aryl methyl sites for hydroxylation is 1. The summed E-state index contributed by atoms with van der Waals surface area (Å²) in [4.78, 5) is 7.05. The molecule has 132 valence electrons. The minimum absolute atomic E-state index is 0.426. The second kappa shape index (κ2) is 7.85. The van der Waals surface area contributed by atoms with Gasteiger partial charge in [0.1, 0.15) is 23.5 Å². The van der Waals surface area contributed by atoms with Crippen LogP contribution in [0.15, 0.2) is 0 Å². The standard InChI is InChI=1S/C20H27N5/c1-25(2)19(14-9-10-14)13-23-20-17(12-22)16(11-21)15-7-5-3-4-6-8-18(15)24-20/h14,19H,3-10,13H2,1-2H3,(H,23,24). The zero-order chi connectivity index (χ0) is 17.8. The van der Waals surface area contributed by atoms with Gasteiger partial charge in [-0.2, -0.15) is 10.5 Å². The van der Waals surface area contributed by atoms with Crippen LogP contribution in [0.5, 0.6) is 0 Å². The van der Waals surface area contributed by atoms with E-state index in [0.29, 0.717) is 23.0 Å². The Morgan fingerprint density at radius 2 is 1.76 bits per heavy atom. The molecule has 1 heterocycles. The highest BCUT2D eigenvalue weighted by atomic mass is 15.1. The molecule has 1 unspecified atom stereocenters. The molecular formula is C20H27N5. The van der Waals surface area contributed by atoms with Gasteiger partial charge in [0.05, 0.1) is 5.56 Å². The molecule has 2 aliphatic rings. The van der Waals surface area contributed by atoms with Gasteiger partial charge in [0.25, 0.3) is 0 Å². The molecule has 1 aromatic rings. The van der Waals surface area contributed by atoms with Crippen LogP contribution in [-0.4, -0.2) is 36.6 Å². The number of anilines is 1. The van der Waals surface area contributed by atoms with Gasteiger partial charge in [-0.3, -0.25) is 0 Å². The smallest absolute Gasteiger partial charge is 0.145 e. The molecule has 1 aromatic heterocycles. The van der Waals surface area contributed by atoms with Crippen molar-refractivity contribution < 1.29 is 0 Å². The molecule has 0 amide bonds. The van der Waals surface area contributed by atoms with E-state index in [1.165, 1.54) is 25.7 Å². The van der Waals surface area contributed by atoms with Crippen LogP contribution in [0.3, 0.4) is 0 Å². The molecule has 25 heavy (non-hydrogen) atoms. The maximum Gasteiger partial charge on any atom is 0.145 e. The number of likely N-dealkylation sites (N-methyl/N-ethyl adjacent to an activating group) is 1. The Labute approximate surface area is 150 Å². The van der Waals surface area contributed by atoms with Gasteiger partial charge in [0.2, 0.25) is 0 Å². The third-order valence-corrected chi connectivity index (χ3v) is 5.51. The lowest BCUT2D eigenvalue weighted by molar-refractivity contribution is 0.276. The summed E-state index contributed by atoms with van der Waals surface area (Å²) in [5.41, 5.74) is 3.00. The van der Waals surface area contributed by atoms with Gasteiger partial charge in [-0.1, -0.05) is 12.8 Å². The third kappa shape index (κ3) is 3.94. The molecule has 1 fully saturated rings. The lowest BCUT2D eigenvalue weighted by Gasteiger charge is -2.25. The molecule has 0 radical (unpaired) electrons. The zero-order valence-corrected chi connectivity index (χ0v) is 15.3. The second-order valence-corrected chi connectivity index (χ2v) is 7.52. The molecule has 0 aliphatic heterocycles. The molecule has 0 aromatic carbocycles. The summed E-state index contributed by atoms with van der Waals surface area (Å²) >= 11 is 0. The minimum atomic E-state index is 0.426. The molecule has 0 bridgehead atoms. The van der Waals surface area contributed by atoms with Crippen molar-refractivity contribution in [1.29, 1.82) is 10.5 Å². The van der Waals surface area contributed by atoms with Gasteiger partial charge in [-0.15, -0.1) is 0 Å². The topological polar surface area (TPSA) is 75.7 Å². The number of fused-ring (bicyclic) bond motifs is 1. The van der Waals surface area contributed by atoms with E-state index < -0.39 is 0 Å². The fourth-order valence-electron chi connectivity index (χ4n) is 3.91.